The number of benzene rings is 1. The lowest BCUT2D eigenvalue weighted by Crippen LogP contribution is -2.43. The highest BCUT2D eigenvalue weighted by Gasteiger charge is 2.36. The molecule has 3 aliphatic rings. The van der Waals surface area contributed by atoms with E-state index in [1.54, 1.807) is 0 Å². The fourth-order valence-electron chi connectivity index (χ4n) is 4.83. The van der Waals surface area contributed by atoms with Gasteiger partial charge in [0.2, 0.25) is 5.91 Å². The number of hydrogen-bond acceptors (Lipinski definition) is 3. The second-order valence-electron chi connectivity index (χ2n) is 8.44. The summed E-state index contributed by atoms with van der Waals surface area (Å²) in [5.74, 6) is 1.03. The molecule has 4 heteroatoms. The molecule has 0 aromatic heterocycles. The Kier molecular flexibility index (Phi) is 4.89. The van der Waals surface area contributed by atoms with E-state index in [4.69, 9.17) is 10.5 Å². The van der Waals surface area contributed by atoms with Crippen LogP contribution in [0.2, 0.25) is 0 Å². The molecule has 26 heavy (non-hydrogen) atoms. The van der Waals surface area contributed by atoms with Gasteiger partial charge < -0.3 is 15.8 Å². The molecule has 1 aromatic carbocycles. The van der Waals surface area contributed by atoms with E-state index in [1.807, 2.05) is 6.07 Å². The summed E-state index contributed by atoms with van der Waals surface area (Å²) in [6.45, 7) is 3.92. The molecule has 1 atom stereocenters. The third-order valence-electron chi connectivity index (χ3n) is 6.69. The molecule has 0 unspecified atom stereocenters. The Morgan fingerprint density at radius 1 is 1.23 bits per heavy atom. The van der Waals surface area contributed by atoms with Gasteiger partial charge in [-0.05, 0) is 60.8 Å². The zero-order valence-corrected chi connectivity index (χ0v) is 15.7. The van der Waals surface area contributed by atoms with E-state index in [1.165, 1.54) is 24.0 Å². The van der Waals surface area contributed by atoms with Crippen LogP contribution in [0.25, 0.3) is 6.08 Å². The average molecular weight is 354 g/mol. The van der Waals surface area contributed by atoms with Gasteiger partial charge in [0.1, 0.15) is 0 Å². The summed E-state index contributed by atoms with van der Waals surface area (Å²) < 4.78 is 5.53. The number of carbonyl (C=O) groups is 1. The molecule has 0 radical (unpaired) electrons. The Bertz CT molecular complexity index is 698. The Morgan fingerprint density at radius 3 is 2.69 bits per heavy atom. The number of anilines is 1. The summed E-state index contributed by atoms with van der Waals surface area (Å²) in [5, 5.41) is 3.05. The van der Waals surface area contributed by atoms with Crippen molar-refractivity contribution in [1.82, 2.24) is 0 Å². The van der Waals surface area contributed by atoms with Crippen molar-refractivity contribution in [3.63, 3.8) is 0 Å². The number of fused-ring (bicyclic) bond motifs is 2. The minimum atomic E-state index is -0.409. The van der Waals surface area contributed by atoms with E-state index in [-0.39, 0.29) is 11.3 Å². The molecule has 1 aliphatic heterocycles. The van der Waals surface area contributed by atoms with Crippen molar-refractivity contribution in [3.05, 3.63) is 35.4 Å². The van der Waals surface area contributed by atoms with Crippen LogP contribution >= 0.6 is 0 Å². The first-order valence-electron chi connectivity index (χ1n) is 10.1. The Hall–Kier alpha value is -1.65. The van der Waals surface area contributed by atoms with Crippen molar-refractivity contribution in [2.45, 2.75) is 56.9 Å². The highest BCUT2D eigenvalue weighted by molar-refractivity contribution is 5.95. The van der Waals surface area contributed by atoms with Crippen LogP contribution in [0.5, 0.6) is 0 Å². The van der Waals surface area contributed by atoms with Gasteiger partial charge >= 0.3 is 0 Å². The number of nitrogens with two attached hydrogens (primary N) is 1. The predicted octanol–water partition coefficient (Wildman–Crippen LogP) is 3.85. The molecule has 1 saturated heterocycles. The molecule has 4 nitrogen and oxygen atoms in total. The fraction of sp³-hybridized carbons (Fsp3) is 0.591. The number of nitrogens with one attached hydrogen (secondary N) is 1. The first-order chi connectivity index (χ1) is 12.6. The smallest absolute Gasteiger partial charge is 0.241 e. The average Bonchev–Trinajstić information content (AvgIpc) is 3.00. The van der Waals surface area contributed by atoms with Gasteiger partial charge in [-0.2, -0.15) is 0 Å². The van der Waals surface area contributed by atoms with Crippen molar-refractivity contribution in [2.75, 3.05) is 18.5 Å². The number of rotatable bonds is 3. The molecule has 2 fully saturated rings. The SMILES string of the molecule is CC1CCC([C@H](N)C(=O)Nc2ccc3c(c2)C=CC32CCOCC2)CC1. The summed E-state index contributed by atoms with van der Waals surface area (Å²) in [5.41, 5.74) is 9.83. The van der Waals surface area contributed by atoms with Crippen LogP contribution in [0.4, 0.5) is 5.69 Å². The van der Waals surface area contributed by atoms with Crippen LogP contribution in [0, 0.1) is 11.8 Å². The number of ether oxygens (including phenoxy) is 1. The minimum Gasteiger partial charge on any atom is -0.381 e. The van der Waals surface area contributed by atoms with Gasteiger partial charge in [0, 0.05) is 24.3 Å². The lowest BCUT2D eigenvalue weighted by Gasteiger charge is -2.33. The van der Waals surface area contributed by atoms with Crippen LogP contribution < -0.4 is 11.1 Å². The number of allylic oxidation sites excluding steroid dienone is 1. The lowest BCUT2D eigenvalue weighted by molar-refractivity contribution is -0.118. The third-order valence-corrected chi connectivity index (χ3v) is 6.69. The fourth-order valence-corrected chi connectivity index (χ4v) is 4.83. The van der Waals surface area contributed by atoms with E-state index in [0.717, 1.165) is 50.5 Å². The first kappa shape index (κ1) is 17.7. The van der Waals surface area contributed by atoms with Crippen LogP contribution in [-0.2, 0) is 14.9 Å². The topological polar surface area (TPSA) is 64.4 Å². The largest absolute Gasteiger partial charge is 0.381 e. The maximum atomic E-state index is 12.6. The van der Waals surface area contributed by atoms with Gasteiger partial charge in [-0.3, -0.25) is 4.79 Å². The third kappa shape index (κ3) is 3.33. The van der Waals surface area contributed by atoms with Crippen LogP contribution in [0.1, 0.15) is 56.6 Å². The van der Waals surface area contributed by atoms with Gasteiger partial charge in [0.05, 0.1) is 6.04 Å². The Balaban J connectivity index is 1.43. The molecular formula is C22H30N2O2. The second-order valence-corrected chi connectivity index (χ2v) is 8.44. The number of amides is 1. The standard InChI is InChI=1S/C22H30N2O2/c1-15-2-4-16(5-3-15)20(23)21(25)24-18-6-7-19-17(14-18)8-9-22(19)10-12-26-13-11-22/h6-9,14-16,20H,2-5,10-13,23H2,1H3,(H,24,25)/t15?,16?,20-/m0/s1. The minimum absolute atomic E-state index is 0.0488. The maximum Gasteiger partial charge on any atom is 0.241 e. The van der Waals surface area contributed by atoms with E-state index in [2.05, 4.69) is 36.5 Å². The molecule has 1 aromatic rings. The summed E-state index contributed by atoms with van der Waals surface area (Å²) >= 11 is 0. The molecular weight excluding hydrogens is 324 g/mol. The van der Waals surface area contributed by atoms with Crippen LogP contribution in [0.15, 0.2) is 24.3 Å². The summed E-state index contributed by atoms with van der Waals surface area (Å²) in [6.07, 6.45) is 11.1. The van der Waals surface area contributed by atoms with Crippen molar-refractivity contribution in [1.29, 1.82) is 0 Å². The van der Waals surface area contributed by atoms with Crippen LogP contribution in [0.3, 0.4) is 0 Å². The Morgan fingerprint density at radius 2 is 1.96 bits per heavy atom. The predicted molar refractivity (Wildman–Crippen MR) is 105 cm³/mol. The van der Waals surface area contributed by atoms with Gasteiger partial charge in [0.25, 0.3) is 0 Å². The van der Waals surface area contributed by atoms with Crippen LogP contribution in [-0.4, -0.2) is 25.2 Å². The molecule has 1 heterocycles. The van der Waals surface area contributed by atoms with E-state index in [0.29, 0.717) is 5.92 Å². The number of hydrogen-bond donors (Lipinski definition) is 2. The molecule has 4 rings (SSSR count). The first-order valence-corrected chi connectivity index (χ1v) is 10.1. The van der Waals surface area contributed by atoms with Gasteiger partial charge in [0.15, 0.2) is 0 Å². The van der Waals surface area contributed by atoms with Gasteiger partial charge in [-0.25, -0.2) is 0 Å². The highest BCUT2D eigenvalue weighted by atomic mass is 16.5. The second kappa shape index (κ2) is 7.16. The van der Waals surface area contributed by atoms with Gasteiger partial charge in [-0.15, -0.1) is 0 Å². The summed E-state index contributed by atoms with van der Waals surface area (Å²) in [6, 6.07) is 5.87. The van der Waals surface area contributed by atoms with Gasteiger partial charge in [-0.1, -0.05) is 38.0 Å². The molecule has 140 valence electrons. The Labute approximate surface area is 156 Å². The molecule has 0 bridgehead atoms. The quantitative estimate of drug-likeness (QED) is 0.866. The van der Waals surface area contributed by atoms with E-state index < -0.39 is 6.04 Å². The van der Waals surface area contributed by atoms with Crippen molar-refractivity contribution in [2.24, 2.45) is 17.6 Å². The molecule has 1 saturated carbocycles. The summed E-state index contributed by atoms with van der Waals surface area (Å²) in [4.78, 5) is 12.6. The normalized spacial score (nSPS) is 27.9. The molecule has 1 spiro atoms. The highest BCUT2D eigenvalue weighted by Crippen LogP contribution is 2.44. The zero-order valence-electron chi connectivity index (χ0n) is 15.7. The monoisotopic (exact) mass is 354 g/mol. The molecule has 3 N–H and O–H groups in total. The lowest BCUT2D eigenvalue weighted by atomic mass is 9.76. The molecule has 1 amide bonds. The number of carbonyl (C=O) groups excluding carboxylic acids is 1. The van der Waals surface area contributed by atoms with Crippen molar-refractivity contribution < 1.29 is 9.53 Å². The van der Waals surface area contributed by atoms with Crippen molar-refractivity contribution >= 4 is 17.7 Å². The summed E-state index contributed by atoms with van der Waals surface area (Å²) in [7, 11) is 0. The zero-order chi connectivity index (χ0) is 18.1. The molecule has 2 aliphatic carbocycles. The van der Waals surface area contributed by atoms with E-state index in [9.17, 15) is 4.79 Å². The van der Waals surface area contributed by atoms with E-state index >= 15 is 0 Å². The van der Waals surface area contributed by atoms with Crippen molar-refractivity contribution in [3.8, 4) is 0 Å². The maximum absolute atomic E-state index is 12.6.